The van der Waals surface area contributed by atoms with Crippen LogP contribution in [0.1, 0.15) is 28.4 Å². The molecule has 0 fully saturated rings. The molecule has 0 amide bonds. The molecule has 2 aromatic rings. The average molecular weight is 243 g/mol. The molecule has 2 aromatic carbocycles. The number of carbonyl (C=O) groups excluding carboxylic acids is 1. The average Bonchev–Trinajstić information content (AvgIpc) is 2.64. The Morgan fingerprint density at radius 2 is 1.88 bits per heavy atom. The zero-order valence-corrected chi connectivity index (χ0v) is 10.2. The number of rotatable bonds is 1. The topological polar surface area (TPSA) is 17.1 Å². The van der Waals surface area contributed by atoms with Gasteiger partial charge in [-0.3, -0.25) is 4.79 Å². The van der Waals surface area contributed by atoms with Crippen LogP contribution in [0.25, 0.3) is 11.1 Å². The van der Waals surface area contributed by atoms with Gasteiger partial charge in [0.1, 0.15) is 0 Å². The van der Waals surface area contributed by atoms with Gasteiger partial charge in [-0.25, -0.2) is 0 Å². The second-order valence-electron chi connectivity index (χ2n) is 4.23. The normalized spacial score (nSPS) is 12.5. The quantitative estimate of drug-likeness (QED) is 0.628. The number of hydrogen-bond acceptors (Lipinski definition) is 1. The van der Waals surface area contributed by atoms with Crippen LogP contribution in [0.4, 0.5) is 0 Å². The van der Waals surface area contributed by atoms with Crippen molar-refractivity contribution in [3.8, 4) is 11.1 Å². The molecule has 0 saturated heterocycles. The summed E-state index contributed by atoms with van der Waals surface area (Å²) in [5.41, 5.74) is 4.54. The van der Waals surface area contributed by atoms with Crippen molar-refractivity contribution in [2.24, 2.45) is 0 Å². The summed E-state index contributed by atoms with van der Waals surface area (Å²) in [5, 5.41) is 0.652. The van der Waals surface area contributed by atoms with Crippen molar-refractivity contribution in [1.29, 1.82) is 0 Å². The summed E-state index contributed by atoms with van der Waals surface area (Å²) in [4.78, 5) is 12.2. The minimum absolute atomic E-state index is 0.0906. The van der Waals surface area contributed by atoms with E-state index in [1.807, 2.05) is 30.3 Å². The van der Waals surface area contributed by atoms with Gasteiger partial charge >= 0.3 is 0 Å². The highest BCUT2D eigenvalue weighted by Crippen LogP contribution is 2.41. The lowest BCUT2D eigenvalue weighted by Gasteiger charge is -2.03. The van der Waals surface area contributed by atoms with Gasteiger partial charge in [0.05, 0.1) is 0 Å². The van der Waals surface area contributed by atoms with E-state index in [1.165, 1.54) is 5.56 Å². The Morgan fingerprint density at radius 3 is 2.65 bits per heavy atom. The highest BCUT2D eigenvalue weighted by molar-refractivity contribution is 6.36. The first-order chi connectivity index (χ1) is 8.22. The van der Waals surface area contributed by atoms with Gasteiger partial charge in [-0.05, 0) is 29.7 Å². The van der Waals surface area contributed by atoms with Gasteiger partial charge in [0.25, 0.3) is 0 Å². The summed E-state index contributed by atoms with van der Waals surface area (Å²) >= 11 is 6.18. The van der Waals surface area contributed by atoms with E-state index in [0.717, 1.165) is 28.7 Å². The molecule has 0 aromatic heterocycles. The fourth-order valence-corrected chi connectivity index (χ4v) is 2.63. The Balaban J connectivity index is 2.32. The molecule has 0 N–H and O–H groups in total. The highest BCUT2D eigenvalue weighted by atomic mass is 35.5. The maximum atomic E-state index is 12.2. The molecule has 0 unspecified atom stereocenters. The van der Waals surface area contributed by atoms with Gasteiger partial charge < -0.3 is 0 Å². The first kappa shape index (κ1) is 10.5. The molecule has 0 spiro atoms. The maximum Gasteiger partial charge on any atom is 0.194 e. The molecular formula is C15H11ClO. The molecule has 0 bridgehead atoms. The van der Waals surface area contributed by atoms with Crippen molar-refractivity contribution in [2.75, 3.05) is 0 Å². The van der Waals surface area contributed by atoms with Crippen LogP contribution in [0.2, 0.25) is 5.02 Å². The summed E-state index contributed by atoms with van der Waals surface area (Å²) in [6, 6.07) is 11.5. The van der Waals surface area contributed by atoms with Crippen molar-refractivity contribution >= 4 is 17.4 Å². The van der Waals surface area contributed by atoms with Crippen LogP contribution in [-0.4, -0.2) is 5.78 Å². The van der Waals surface area contributed by atoms with Crippen LogP contribution in [0.15, 0.2) is 36.4 Å². The fourth-order valence-electron chi connectivity index (χ4n) is 2.35. The van der Waals surface area contributed by atoms with Crippen LogP contribution in [0.3, 0.4) is 0 Å². The Labute approximate surface area is 105 Å². The molecule has 1 nitrogen and oxygen atoms in total. The first-order valence-electron chi connectivity index (χ1n) is 5.69. The Hall–Kier alpha value is -1.60. The van der Waals surface area contributed by atoms with Crippen LogP contribution in [-0.2, 0) is 6.42 Å². The maximum absolute atomic E-state index is 12.2. The third-order valence-electron chi connectivity index (χ3n) is 3.26. The molecule has 2 heteroatoms. The number of carbonyl (C=O) groups is 1. The second-order valence-corrected chi connectivity index (χ2v) is 4.63. The summed E-state index contributed by atoms with van der Waals surface area (Å²) in [7, 11) is 0. The van der Waals surface area contributed by atoms with E-state index in [1.54, 1.807) is 0 Å². The van der Waals surface area contributed by atoms with Crippen LogP contribution >= 0.6 is 11.6 Å². The largest absolute Gasteiger partial charge is 0.289 e. The molecular weight excluding hydrogens is 232 g/mol. The molecule has 1 aliphatic rings. The zero-order valence-electron chi connectivity index (χ0n) is 9.46. The van der Waals surface area contributed by atoms with E-state index < -0.39 is 0 Å². The smallest absolute Gasteiger partial charge is 0.194 e. The molecule has 17 heavy (non-hydrogen) atoms. The van der Waals surface area contributed by atoms with Gasteiger partial charge in [-0.15, -0.1) is 0 Å². The Kier molecular flexibility index (Phi) is 2.30. The lowest BCUT2D eigenvalue weighted by molar-refractivity contribution is 0.104. The zero-order chi connectivity index (χ0) is 12.0. The van der Waals surface area contributed by atoms with E-state index in [9.17, 15) is 4.79 Å². The van der Waals surface area contributed by atoms with Gasteiger partial charge in [-0.1, -0.05) is 42.8 Å². The van der Waals surface area contributed by atoms with Crippen molar-refractivity contribution in [2.45, 2.75) is 13.3 Å². The molecule has 0 atom stereocenters. The third kappa shape index (κ3) is 1.43. The fraction of sp³-hybridized carbons (Fsp3) is 0.133. The lowest BCUT2D eigenvalue weighted by atomic mass is 10.0. The molecule has 0 heterocycles. The summed E-state index contributed by atoms with van der Waals surface area (Å²) in [6.07, 6.45) is 0.935. The van der Waals surface area contributed by atoms with Crippen molar-refractivity contribution in [3.05, 3.63) is 58.1 Å². The SMILES string of the molecule is CCc1ccc2c(c1)C(=O)c1cccc(Cl)c1-2. The monoisotopic (exact) mass is 242 g/mol. The van der Waals surface area contributed by atoms with E-state index in [0.29, 0.717) is 5.02 Å². The number of halogens is 1. The summed E-state index contributed by atoms with van der Waals surface area (Å²) < 4.78 is 0. The predicted octanol–water partition coefficient (Wildman–Crippen LogP) is 4.11. The van der Waals surface area contributed by atoms with E-state index in [2.05, 4.69) is 13.0 Å². The number of fused-ring (bicyclic) bond motifs is 3. The summed E-state index contributed by atoms with van der Waals surface area (Å²) in [6.45, 7) is 2.08. The molecule has 1 aliphatic carbocycles. The first-order valence-corrected chi connectivity index (χ1v) is 6.06. The summed E-state index contributed by atoms with van der Waals surface area (Å²) in [5.74, 6) is 0.0906. The number of ketones is 1. The Bertz CT molecular complexity index is 629. The van der Waals surface area contributed by atoms with Crippen LogP contribution < -0.4 is 0 Å². The molecule has 0 aliphatic heterocycles. The van der Waals surface area contributed by atoms with Crippen molar-refractivity contribution in [1.82, 2.24) is 0 Å². The number of hydrogen-bond donors (Lipinski definition) is 0. The van der Waals surface area contributed by atoms with Gasteiger partial charge in [0.15, 0.2) is 5.78 Å². The van der Waals surface area contributed by atoms with E-state index in [4.69, 9.17) is 11.6 Å². The predicted molar refractivity (Wildman–Crippen MR) is 69.7 cm³/mol. The van der Waals surface area contributed by atoms with Gasteiger partial charge in [0.2, 0.25) is 0 Å². The van der Waals surface area contributed by atoms with Crippen molar-refractivity contribution in [3.63, 3.8) is 0 Å². The van der Waals surface area contributed by atoms with Crippen molar-refractivity contribution < 1.29 is 4.79 Å². The second kappa shape index (κ2) is 3.71. The van der Waals surface area contributed by atoms with Crippen LogP contribution in [0.5, 0.6) is 0 Å². The van der Waals surface area contributed by atoms with E-state index in [-0.39, 0.29) is 5.78 Å². The standard InChI is InChI=1S/C15H11ClO/c1-2-9-6-7-10-12(8-9)15(17)11-4-3-5-13(16)14(10)11/h3-8H,2H2,1H3. The molecule has 3 rings (SSSR count). The van der Waals surface area contributed by atoms with E-state index >= 15 is 0 Å². The molecule has 0 radical (unpaired) electrons. The molecule has 0 saturated carbocycles. The third-order valence-corrected chi connectivity index (χ3v) is 3.58. The number of benzene rings is 2. The molecule has 84 valence electrons. The van der Waals surface area contributed by atoms with Crippen LogP contribution in [0, 0.1) is 0 Å². The minimum atomic E-state index is 0.0906. The minimum Gasteiger partial charge on any atom is -0.289 e. The highest BCUT2D eigenvalue weighted by Gasteiger charge is 2.28. The van der Waals surface area contributed by atoms with Gasteiger partial charge in [0, 0.05) is 21.7 Å². The lowest BCUT2D eigenvalue weighted by Crippen LogP contribution is -1.95. The van der Waals surface area contributed by atoms with Gasteiger partial charge in [-0.2, -0.15) is 0 Å². The Morgan fingerprint density at radius 1 is 1.06 bits per heavy atom. The number of aryl methyl sites for hydroxylation is 1.